The van der Waals surface area contributed by atoms with Crippen LogP contribution < -0.4 is 0 Å². The summed E-state index contributed by atoms with van der Waals surface area (Å²) in [5.41, 5.74) is 0. The molecule has 0 spiro atoms. The molecule has 80 heavy (non-hydrogen) atoms. The van der Waals surface area contributed by atoms with E-state index in [1.165, 1.54) is 193 Å². The Morgan fingerprint density at radius 1 is 0.263 bits per heavy atom. The Labute approximate surface area is 496 Å². The summed E-state index contributed by atoms with van der Waals surface area (Å²) >= 11 is 0. The summed E-state index contributed by atoms with van der Waals surface area (Å²) in [5.74, 6) is -0.934. The molecule has 6 heteroatoms. The van der Waals surface area contributed by atoms with Gasteiger partial charge in [0, 0.05) is 19.3 Å². The van der Waals surface area contributed by atoms with Crippen molar-refractivity contribution in [1.29, 1.82) is 0 Å². The Morgan fingerprint density at radius 3 is 0.800 bits per heavy atom. The molecule has 0 aromatic heterocycles. The summed E-state index contributed by atoms with van der Waals surface area (Å²) in [4.78, 5) is 38.3. The third-order valence-corrected chi connectivity index (χ3v) is 14.8. The monoisotopic (exact) mass is 1110 g/mol. The van der Waals surface area contributed by atoms with Gasteiger partial charge >= 0.3 is 17.9 Å². The molecule has 0 aliphatic rings. The molecule has 0 radical (unpaired) electrons. The third kappa shape index (κ3) is 65.1. The predicted molar refractivity (Wildman–Crippen MR) is 348 cm³/mol. The van der Waals surface area contributed by atoms with Crippen molar-refractivity contribution in [3.63, 3.8) is 0 Å². The zero-order chi connectivity index (χ0) is 57.8. The first kappa shape index (κ1) is 76.3. The number of hydrogen-bond donors (Lipinski definition) is 0. The highest BCUT2D eigenvalue weighted by Crippen LogP contribution is 2.17. The number of esters is 3. The van der Waals surface area contributed by atoms with Crippen molar-refractivity contribution in [1.82, 2.24) is 0 Å². The summed E-state index contributed by atoms with van der Waals surface area (Å²) in [6.45, 7) is 6.49. The maximum Gasteiger partial charge on any atom is 0.306 e. The Kier molecular flexibility index (Phi) is 64.7. The summed E-state index contributed by atoms with van der Waals surface area (Å²) in [5, 5.41) is 0. The van der Waals surface area contributed by atoms with E-state index in [-0.39, 0.29) is 37.5 Å². The summed E-state index contributed by atoms with van der Waals surface area (Å²) in [6, 6.07) is 0. The van der Waals surface area contributed by atoms with Gasteiger partial charge < -0.3 is 14.2 Å². The highest BCUT2D eigenvalue weighted by atomic mass is 16.6. The smallest absolute Gasteiger partial charge is 0.306 e. The first-order valence-electron chi connectivity index (χ1n) is 34.2. The van der Waals surface area contributed by atoms with Crippen molar-refractivity contribution >= 4 is 17.9 Å². The maximum atomic E-state index is 12.9. The van der Waals surface area contributed by atoms with E-state index >= 15 is 0 Å². The van der Waals surface area contributed by atoms with Gasteiger partial charge in [-0.15, -0.1) is 0 Å². The van der Waals surface area contributed by atoms with Gasteiger partial charge in [-0.05, 0) is 122 Å². The van der Waals surface area contributed by atoms with Gasteiger partial charge in [-0.2, -0.15) is 0 Å². The van der Waals surface area contributed by atoms with Crippen molar-refractivity contribution < 1.29 is 28.6 Å². The van der Waals surface area contributed by atoms with E-state index in [4.69, 9.17) is 14.2 Å². The zero-order valence-corrected chi connectivity index (χ0v) is 52.8. The van der Waals surface area contributed by atoms with Crippen molar-refractivity contribution in [2.45, 2.75) is 341 Å². The van der Waals surface area contributed by atoms with Crippen LogP contribution >= 0.6 is 0 Å². The fourth-order valence-corrected chi connectivity index (χ4v) is 9.67. The lowest BCUT2D eigenvalue weighted by Gasteiger charge is -2.18. The molecular weight excluding hydrogens is 985 g/mol. The molecule has 460 valence electrons. The molecule has 0 bridgehead atoms. The summed E-state index contributed by atoms with van der Waals surface area (Å²) in [6.07, 6.45) is 91.6. The molecule has 0 heterocycles. The number of carbonyl (C=O) groups is 3. The van der Waals surface area contributed by atoms with Crippen LogP contribution in [0.5, 0.6) is 0 Å². The minimum absolute atomic E-state index is 0.0946. The van der Waals surface area contributed by atoms with Crippen LogP contribution in [-0.2, 0) is 28.6 Å². The second-order valence-corrected chi connectivity index (χ2v) is 22.7. The number of allylic oxidation sites excluding steroid dienone is 16. The van der Waals surface area contributed by atoms with Gasteiger partial charge in [0.25, 0.3) is 0 Å². The average molecular weight is 1110 g/mol. The van der Waals surface area contributed by atoms with Gasteiger partial charge in [0.05, 0.1) is 0 Å². The number of ether oxygens (including phenoxy) is 3. The lowest BCUT2D eigenvalue weighted by Crippen LogP contribution is -2.30. The summed E-state index contributed by atoms with van der Waals surface area (Å²) < 4.78 is 16.9. The SMILES string of the molecule is CC/C=C\C/C=C\C/C=C\C/C=C\CCCCC(=O)OC(COC(=O)CCCCCCC/C=C\CCCCCCC)COC(=O)CCCCCCCCCCCCCCCCCCCC/C=C\C/C=C\C/C=C\CCCCCCC. The first-order chi connectivity index (χ1) is 39.5. The molecule has 0 saturated heterocycles. The molecule has 1 atom stereocenters. The minimum Gasteiger partial charge on any atom is -0.462 e. The topological polar surface area (TPSA) is 78.9 Å². The second kappa shape index (κ2) is 67.8. The second-order valence-electron chi connectivity index (χ2n) is 22.7. The minimum atomic E-state index is -0.803. The van der Waals surface area contributed by atoms with Gasteiger partial charge in [0.2, 0.25) is 0 Å². The van der Waals surface area contributed by atoms with Gasteiger partial charge in [-0.3, -0.25) is 14.4 Å². The molecule has 0 aliphatic carbocycles. The molecule has 0 aliphatic heterocycles. The number of hydrogen-bond acceptors (Lipinski definition) is 6. The van der Waals surface area contributed by atoms with Crippen molar-refractivity contribution in [2.75, 3.05) is 13.2 Å². The molecule has 6 nitrogen and oxygen atoms in total. The number of unbranched alkanes of at least 4 members (excludes halogenated alkanes) is 35. The van der Waals surface area contributed by atoms with Gasteiger partial charge in [0.1, 0.15) is 13.2 Å². The Morgan fingerprint density at radius 2 is 0.487 bits per heavy atom. The highest BCUT2D eigenvalue weighted by Gasteiger charge is 2.19. The zero-order valence-electron chi connectivity index (χ0n) is 52.8. The Balaban J connectivity index is 4.19. The van der Waals surface area contributed by atoms with Crippen LogP contribution in [-0.4, -0.2) is 37.2 Å². The van der Waals surface area contributed by atoms with E-state index < -0.39 is 6.10 Å². The first-order valence-corrected chi connectivity index (χ1v) is 34.2. The van der Waals surface area contributed by atoms with Crippen molar-refractivity contribution in [2.24, 2.45) is 0 Å². The molecule has 1 unspecified atom stereocenters. The van der Waals surface area contributed by atoms with Crippen LogP contribution in [0, 0.1) is 0 Å². The lowest BCUT2D eigenvalue weighted by molar-refractivity contribution is -0.167. The highest BCUT2D eigenvalue weighted by molar-refractivity contribution is 5.71. The number of carbonyl (C=O) groups excluding carboxylic acids is 3. The van der Waals surface area contributed by atoms with Crippen molar-refractivity contribution in [3.05, 3.63) is 97.2 Å². The Hall–Kier alpha value is -3.67. The number of rotatable bonds is 62. The van der Waals surface area contributed by atoms with E-state index in [1.54, 1.807) is 0 Å². The molecule has 0 aromatic rings. The maximum absolute atomic E-state index is 12.9. The van der Waals surface area contributed by atoms with Crippen LogP contribution in [0.2, 0.25) is 0 Å². The molecule has 0 amide bonds. The van der Waals surface area contributed by atoms with E-state index in [2.05, 4.69) is 118 Å². The Bertz CT molecular complexity index is 1560. The largest absolute Gasteiger partial charge is 0.462 e. The predicted octanol–water partition coefficient (Wildman–Crippen LogP) is 23.6. The lowest BCUT2D eigenvalue weighted by atomic mass is 10.0. The normalized spacial score (nSPS) is 12.7. The quantitative estimate of drug-likeness (QED) is 0.0261. The van der Waals surface area contributed by atoms with Crippen LogP contribution in [0.1, 0.15) is 335 Å². The van der Waals surface area contributed by atoms with E-state index in [0.29, 0.717) is 19.3 Å². The fraction of sp³-hybridized carbons (Fsp3) is 0.743. The van der Waals surface area contributed by atoms with E-state index in [0.717, 1.165) is 96.3 Å². The van der Waals surface area contributed by atoms with Crippen LogP contribution in [0.15, 0.2) is 97.2 Å². The van der Waals surface area contributed by atoms with Crippen LogP contribution in [0.3, 0.4) is 0 Å². The van der Waals surface area contributed by atoms with Crippen LogP contribution in [0.4, 0.5) is 0 Å². The molecule has 0 fully saturated rings. The average Bonchev–Trinajstić information content (AvgIpc) is 3.46. The van der Waals surface area contributed by atoms with Crippen LogP contribution in [0.25, 0.3) is 0 Å². The van der Waals surface area contributed by atoms with Gasteiger partial charge in [-0.25, -0.2) is 0 Å². The molecule has 0 saturated carbocycles. The van der Waals surface area contributed by atoms with E-state index in [1.807, 2.05) is 0 Å². The van der Waals surface area contributed by atoms with Gasteiger partial charge in [0.15, 0.2) is 6.10 Å². The fourth-order valence-electron chi connectivity index (χ4n) is 9.67. The molecule has 0 N–H and O–H groups in total. The van der Waals surface area contributed by atoms with Gasteiger partial charge in [-0.1, -0.05) is 291 Å². The molecule has 0 aromatic carbocycles. The summed E-state index contributed by atoms with van der Waals surface area (Å²) in [7, 11) is 0. The standard InChI is InChI=1S/C74H128O6/c1-4-7-10-13-16-19-22-25-28-29-30-31-32-33-34-35-36-37-38-39-40-41-42-43-44-45-47-49-52-55-58-61-64-67-73(76)79-70-71(69-78-72(75)66-63-60-57-54-51-48-27-24-21-18-15-12-9-6-3)80-74(77)68-65-62-59-56-53-50-46-26-23-20-17-14-11-8-5-2/h8,11,17,20,22,24-27,29-30,32-33,46,53,56,71H,4-7,9-10,12-16,18-19,21,23,28,31,34-45,47-52,54-55,57-70H2,1-3H3/b11-8-,20-17-,25-22-,27-24-,30-29-,33-32-,46-26-,56-53-. The van der Waals surface area contributed by atoms with E-state index in [9.17, 15) is 14.4 Å². The van der Waals surface area contributed by atoms with Crippen molar-refractivity contribution in [3.8, 4) is 0 Å². The molecule has 0 rings (SSSR count). The molecular formula is C74H128O6. The third-order valence-electron chi connectivity index (χ3n) is 14.8.